The van der Waals surface area contributed by atoms with Crippen molar-refractivity contribution in [3.8, 4) is 0 Å². The van der Waals surface area contributed by atoms with Crippen LogP contribution in [0.5, 0.6) is 0 Å². The maximum absolute atomic E-state index is 10.3. The van der Waals surface area contributed by atoms with E-state index in [0.29, 0.717) is 0 Å². The number of aliphatic hydroxyl groups is 1. The fourth-order valence-electron chi connectivity index (χ4n) is 1.26. The molecule has 0 atom stereocenters. The fraction of sp³-hybridized carbons (Fsp3) is 0.182. The van der Waals surface area contributed by atoms with Crippen LogP contribution in [0.15, 0.2) is 24.3 Å². The summed E-state index contributed by atoms with van der Waals surface area (Å²) in [5, 5.41) is 17.5. The minimum atomic E-state index is -0.990. The molecule has 0 aliphatic carbocycles. The molecule has 0 saturated heterocycles. The Balaban J connectivity index is 3.08. The van der Waals surface area contributed by atoms with Crippen LogP contribution in [0.4, 0.5) is 0 Å². The number of carboxylic acids is 1. The molecule has 0 bridgehead atoms. The molecule has 0 unspecified atom stereocenters. The maximum Gasteiger partial charge on any atom is 0.328 e. The second kappa shape index (κ2) is 4.58. The summed E-state index contributed by atoms with van der Waals surface area (Å²) in [4.78, 5) is 10.3. The third-order valence-corrected chi connectivity index (χ3v) is 2.01. The normalized spacial score (nSPS) is 10.7. The Hall–Kier alpha value is -1.61. The van der Waals surface area contributed by atoms with Crippen molar-refractivity contribution < 1.29 is 15.0 Å². The predicted molar refractivity (Wildman–Crippen MR) is 53.8 cm³/mol. The lowest BCUT2D eigenvalue weighted by molar-refractivity contribution is -0.131. The number of aryl methyl sites for hydroxylation is 1. The highest BCUT2D eigenvalue weighted by Gasteiger charge is 2.01. The van der Waals surface area contributed by atoms with E-state index in [4.69, 9.17) is 10.2 Å². The molecule has 0 heterocycles. The molecule has 14 heavy (non-hydrogen) atoms. The highest BCUT2D eigenvalue weighted by molar-refractivity contribution is 5.85. The van der Waals surface area contributed by atoms with Gasteiger partial charge in [0, 0.05) is 6.08 Å². The van der Waals surface area contributed by atoms with Gasteiger partial charge < -0.3 is 10.2 Å². The van der Waals surface area contributed by atoms with Crippen LogP contribution in [0.1, 0.15) is 16.7 Å². The van der Waals surface area contributed by atoms with Gasteiger partial charge in [0.1, 0.15) is 0 Å². The number of benzene rings is 1. The van der Waals surface area contributed by atoms with Gasteiger partial charge in [0.05, 0.1) is 6.61 Å². The Kier molecular flexibility index (Phi) is 3.42. The van der Waals surface area contributed by atoms with Crippen LogP contribution in [0, 0.1) is 6.92 Å². The van der Waals surface area contributed by atoms with Gasteiger partial charge in [0.25, 0.3) is 0 Å². The third-order valence-electron chi connectivity index (χ3n) is 2.01. The average Bonchev–Trinajstić information content (AvgIpc) is 2.14. The van der Waals surface area contributed by atoms with Crippen LogP contribution in [0.3, 0.4) is 0 Å². The number of carboxylic acid groups (broad SMARTS) is 1. The summed E-state index contributed by atoms with van der Waals surface area (Å²) in [5.41, 5.74) is 2.47. The maximum atomic E-state index is 10.3. The van der Waals surface area contributed by atoms with Gasteiger partial charge >= 0.3 is 5.97 Å². The highest BCUT2D eigenvalue weighted by Crippen LogP contribution is 2.15. The number of aliphatic carboxylic acids is 1. The van der Waals surface area contributed by atoms with Gasteiger partial charge in [0.2, 0.25) is 0 Å². The first-order valence-corrected chi connectivity index (χ1v) is 4.25. The lowest BCUT2D eigenvalue weighted by atomic mass is 10.0. The van der Waals surface area contributed by atoms with Crippen molar-refractivity contribution in [3.63, 3.8) is 0 Å². The molecule has 0 radical (unpaired) electrons. The summed E-state index contributed by atoms with van der Waals surface area (Å²) in [5.74, 6) is -0.990. The van der Waals surface area contributed by atoms with Gasteiger partial charge in [-0.05, 0) is 29.7 Å². The van der Waals surface area contributed by atoms with Gasteiger partial charge in [-0.25, -0.2) is 4.79 Å². The molecule has 0 fully saturated rings. The first-order chi connectivity index (χ1) is 6.65. The lowest BCUT2D eigenvalue weighted by Gasteiger charge is -2.05. The minimum Gasteiger partial charge on any atom is -0.478 e. The van der Waals surface area contributed by atoms with Crippen LogP contribution in [-0.4, -0.2) is 16.2 Å². The largest absolute Gasteiger partial charge is 0.478 e. The quantitative estimate of drug-likeness (QED) is 0.715. The first-order valence-electron chi connectivity index (χ1n) is 4.25. The van der Waals surface area contributed by atoms with E-state index < -0.39 is 5.97 Å². The van der Waals surface area contributed by atoms with Gasteiger partial charge in [-0.3, -0.25) is 0 Å². The number of aliphatic hydroxyl groups excluding tert-OH is 1. The van der Waals surface area contributed by atoms with E-state index in [0.717, 1.165) is 22.8 Å². The summed E-state index contributed by atoms with van der Waals surface area (Å²) < 4.78 is 0. The van der Waals surface area contributed by atoms with Crippen molar-refractivity contribution in [2.45, 2.75) is 13.5 Å². The summed E-state index contributed by atoms with van der Waals surface area (Å²) in [6.45, 7) is 1.80. The molecule has 74 valence electrons. The molecule has 1 rings (SSSR count). The number of hydrogen-bond acceptors (Lipinski definition) is 2. The fourth-order valence-corrected chi connectivity index (χ4v) is 1.26. The third kappa shape index (κ3) is 2.44. The van der Waals surface area contributed by atoms with Crippen LogP contribution >= 0.6 is 0 Å². The molecule has 1 aromatic rings. The molecule has 0 spiro atoms. The van der Waals surface area contributed by atoms with Crippen molar-refractivity contribution in [2.75, 3.05) is 0 Å². The zero-order valence-corrected chi connectivity index (χ0v) is 7.90. The topological polar surface area (TPSA) is 57.5 Å². The Bertz CT molecular complexity index is 367. The van der Waals surface area contributed by atoms with Crippen LogP contribution in [0.2, 0.25) is 0 Å². The van der Waals surface area contributed by atoms with Crippen molar-refractivity contribution in [3.05, 3.63) is 41.0 Å². The zero-order valence-electron chi connectivity index (χ0n) is 7.90. The SMILES string of the molecule is Cc1cccc(C=CC(=O)O)c1CO. The molecular formula is C11H12O3. The average molecular weight is 192 g/mol. The monoisotopic (exact) mass is 192 g/mol. The predicted octanol–water partition coefficient (Wildman–Crippen LogP) is 1.59. The molecule has 0 aromatic heterocycles. The zero-order chi connectivity index (χ0) is 10.6. The number of carbonyl (C=O) groups is 1. The van der Waals surface area contributed by atoms with E-state index in [2.05, 4.69) is 0 Å². The Labute approximate surface area is 82.3 Å². The molecular weight excluding hydrogens is 180 g/mol. The van der Waals surface area contributed by atoms with E-state index in [9.17, 15) is 4.79 Å². The molecule has 1 aromatic carbocycles. The standard InChI is InChI=1S/C11H12O3/c1-8-3-2-4-9(10(8)7-12)5-6-11(13)14/h2-6,12H,7H2,1H3,(H,13,14). The van der Waals surface area contributed by atoms with Gasteiger partial charge in [-0.2, -0.15) is 0 Å². The van der Waals surface area contributed by atoms with Gasteiger partial charge in [-0.1, -0.05) is 18.2 Å². The molecule has 3 heteroatoms. The molecule has 2 N–H and O–H groups in total. The number of hydrogen-bond donors (Lipinski definition) is 2. The number of rotatable bonds is 3. The van der Waals surface area contributed by atoms with Crippen LogP contribution < -0.4 is 0 Å². The Morgan fingerprint density at radius 3 is 2.79 bits per heavy atom. The smallest absolute Gasteiger partial charge is 0.328 e. The molecule has 3 nitrogen and oxygen atoms in total. The van der Waals surface area contributed by atoms with Crippen molar-refractivity contribution in [1.29, 1.82) is 0 Å². The van der Waals surface area contributed by atoms with Gasteiger partial charge in [-0.15, -0.1) is 0 Å². The Morgan fingerprint density at radius 1 is 1.50 bits per heavy atom. The highest BCUT2D eigenvalue weighted by atomic mass is 16.4. The molecule has 0 amide bonds. The van der Waals surface area contributed by atoms with Crippen molar-refractivity contribution >= 4 is 12.0 Å². The minimum absolute atomic E-state index is 0.0774. The van der Waals surface area contributed by atoms with Crippen LogP contribution in [0.25, 0.3) is 6.08 Å². The van der Waals surface area contributed by atoms with E-state index in [1.807, 2.05) is 19.1 Å². The Morgan fingerprint density at radius 2 is 2.21 bits per heavy atom. The molecule has 0 aliphatic heterocycles. The first kappa shape index (κ1) is 10.5. The van der Waals surface area contributed by atoms with E-state index in [1.54, 1.807) is 6.07 Å². The van der Waals surface area contributed by atoms with Crippen LogP contribution in [-0.2, 0) is 11.4 Å². The summed E-state index contributed by atoms with van der Waals surface area (Å²) in [6, 6.07) is 5.48. The lowest BCUT2D eigenvalue weighted by Crippen LogP contribution is -1.93. The second-order valence-corrected chi connectivity index (χ2v) is 2.97. The summed E-state index contributed by atoms with van der Waals surface area (Å²) in [6.07, 6.45) is 2.55. The summed E-state index contributed by atoms with van der Waals surface area (Å²) in [7, 11) is 0. The van der Waals surface area contributed by atoms with Crippen molar-refractivity contribution in [2.24, 2.45) is 0 Å². The second-order valence-electron chi connectivity index (χ2n) is 2.97. The summed E-state index contributed by atoms with van der Waals surface area (Å²) >= 11 is 0. The van der Waals surface area contributed by atoms with Crippen molar-refractivity contribution in [1.82, 2.24) is 0 Å². The van der Waals surface area contributed by atoms with E-state index in [1.165, 1.54) is 6.08 Å². The van der Waals surface area contributed by atoms with Gasteiger partial charge in [0.15, 0.2) is 0 Å². The molecule has 0 aliphatic rings. The van der Waals surface area contributed by atoms with E-state index >= 15 is 0 Å². The van der Waals surface area contributed by atoms with E-state index in [-0.39, 0.29) is 6.61 Å². The molecule has 0 saturated carbocycles.